The van der Waals surface area contributed by atoms with Crippen LogP contribution in [-0.2, 0) is 12.8 Å². The van der Waals surface area contributed by atoms with Gasteiger partial charge < -0.3 is 9.72 Å². The van der Waals surface area contributed by atoms with Gasteiger partial charge in [-0.3, -0.25) is 4.98 Å². The third kappa shape index (κ3) is 2.54. The van der Waals surface area contributed by atoms with Crippen molar-refractivity contribution in [1.82, 2.24) is 19.9 Å². The molecule has 3 rings (SSSR count). The van der Waals surface area contributed by atoms with Crippen molar-refractivity contribution in [3.63, 3.8) is 0 Å². The van der Waals surface area contributed by atoms with Gasteiger partial charge in [-0.1, -0.05) is 6.07 Å². The van der Waals surface area contributed by atoms with E-state index in [1.165, 1.54) is 0 Å². The number of imidazole rings is 1. The second-order valence-corrected chi connectivity index (χ2v) is 4.23. The summed E-state index contributed by atoms with van der Waals surface area (Å²) in [5, 5.41) is 0. The van der Waals surface area contributed by atoms with Crippen molar-refractivity contribution >= 4 is 11.2 Å². The van der Waals surface area contributed by atoms with Gasteiger partial charge in [-0.15, -0.1) is 0 Å². The Labute approximate surface area is 110 Å². The number of pyridine rings is 2. The molecule has 0 aliphatic heterocycles. The highest BCUT2D eigenvalue weighted by Gasteiger charge is 2.05. The minimum atomic E-state index is 0.579. The number of nitrogens with one attached hydrogen (secondary N) is 1. The Morgan fingerprint density at radius 3 is 2.84 bits per heavy atom. The quantitative estimate of drug-likeness (QED) is 0.774. The van der Waals surface area contributed by atoms with Gasteiger partial charge in [-0.2, -0.15) is 4.98 Å². The molecule has 19 heavy (non-hydrogen) atoms. The number of ether oxygens (including phenoxy) is 1. The fourth-order valence-corrected chi connectivity index (χ4v) is 1.95. The number of aromatic nitrogens is 4. The molecule has 96 valence electrons. The van der Waals surface area contributed by atoms with Crippen molar-refractivity contribution in [1.29, 1.82) is 0 Å². The van der Waals surface area contributed by atoms with E-state index >= 15 is 0 Å². The molecule has 0 aliphatic carbocycles. The number of hydrogen-bond acceptors (Lipinski definition) is 4. The van der Waals surface area contributed by atoms with Gasteiger partial charge in [0.25, 0.3) is 0 Å². The molecule has 3 heterocycles. The van der Waals surface area contributed by atoms with Crippen LogP contribution in [0.1, 0.15) is 11.5 Å². The number of H-pyrrole nitrogens is 1. The topological polar surface area (TPSA) is 63.7 Å². The summed E-state index contributed by atoms with van der Waals surface area (Å²) < 4.78 is 5.09. The summed E-state index contributed by atoms with van der Waals surface area (Å²) in [5.74, 6) is 1.50. The molecule has 0 saturated carbocycles. The third-order valence-electron chi connectivity index (χ3n) is 2.92. The molecule has 0 unspecified atom stereocenters. The average Bonchev–Trinajstić information content (AvgIpc) is 2.88. The summed E-state index contributed by atoms with van der Waals surface area (Å²) in [6.45, 7) is 0. The molecule has 0 spiro atoms. The molecule has 1 N–H and O–H groups in total. The standard InChI is InChI=1S/C14H14N4O/c1-19-13-8-6-11-14(18-13)17-12(16-11)7-5-10-4-2-3-9-15-10/h2-4,6,8-9H,5,7H2,1H3,(H,16,17,18). The Kier molecular flexibility index (Phi) is 3.10. The maximum Gasteiger partial charge on any atom is 0.215 e. The predicted octanol–water partition coefficient (Wildman–Crippen LogP) is 2.15. The molecular weight excluding hydrogens is 240 g/mol. The largest absolute Gasteiger partial charge is 0.481 e. The number of rotatable bonds is 4. The zero-order chi connectivity index (χ0) is 13.1. The Bertz CT molecular complexity index is 678. The lowest BCUT2D eigenvalue weighted by Crippen LogP contribution is -1.95. The SMILES string of the molecule is COc1ccc2[nH]c(CCc3ccccn3)nc2n1. The van der Waals surface area contributed by atoms with Crippen molar-refractivity contribution in [3.05, 3.63) is 48.0 Å². The molecule has 0 saturated heterocycles. The van der Waals surface area contributed by atoms with E-state index in [2.05, 4.69) is 19.9 Å². The summed E-state index contributed by atoms with van der Waals surface area (Å²) in [4.78, 5) is 16.3. The van der Waals surface area contributed by atoms with Crippen LogP contribution in [0, 0.1) is 0 Å². The van der Waals surface area contributed by atoms with Crippen LogP contribution >= 0.6 is 0 Å². The van der Waals surface area contributed by atoms with E-state index in [1.807, 2.05) is 30.3 Å². The molecule has 0 radical (unpaired) electrons. The number of fused-ring (bicyclic) bond motifs is 1. The average molecular weight is 254 g/mol. The molecule has 0 amide bonds. The van der Waals surface area contributed by atoms with Crippen molar-refractivity contribution < 1.29 is 4.74 Å². The zero-order valence-electron chi connectivity index (χ0n) is 10.6. The summed E-state index contributed by atoms with van der Waals surface area (Å²) in [7, 11) is 1.60. The summed E-state index contributed by atoms with van der Waals surface area (Å²) in [5.41, 5.74) is 2.68. The molecule has 0 atom stereocenters. The summed E-state index contributed by atoms with van der Waals surface area (Å²) in [6, 6.07) is 9.68. The lowest BCUT2D eigenvalue weighted by Gasteiger charge is -1.96. The Morgan fingerprint density at radius 2 is 2.05 bits per heavy atom. The molecule has 3 aromatic heterocycles. The first-order valence-electron chi connectivity index (χ1n) is 6.15. The number of aromatic amines is 1. The molecule has 0 bridgehead atoms. The molecule has 5 heteroatoms. The van der Waals surface area contributed by atoms with Crippen LogP contribution in [0.25, 0.3) is 11.2 Å². The minimum Gasteiger partial charge on any atom is -0.481 e. The van der Waals surface area contributed by atoms with Crippen molar-refractivity contribution in [2.75, 3.05) is 7.11 Å². The highest BCUT2D eigenvalue weighted by molar-refractivity contribution is 5.71. The fourth-order valence-electron chi connectivity index (χ4n) is 1.95. The maximum atomic E-state index is 5.09. The van der Waals surface area contributed by atoms with E-state index in [9.17, 15) is 0 Å². The van der Waals surface area contributed by atoms with Gasteiger partial charge in [0, 0.05) is 24.4 Å². The van der Waals surface area contributed by atoms with Crippen LogP contribution in [0.3, 0.4) is 0 Å². The van der Waals surface area contributed by atoms with Crippen LogP contribution in [0.2, 0.25) is 0 Å². The fraction of sp³-hybridized carbons (Fsp3) is 0.214. The highest BCUT2D eigenvalue weighted by atomic mass is 16.5. The van der Waals surface area contributed by atoms with Gasteiger partial charge in [0.2, 0.25) is 5.88 Å². The maximum absolute atomic E-state index is 5.09. The molecule has 3 aromatic rings. The van der Waals surface area contributed by atoms with Crippen LogP contribution in [0.4, 0.5) is 0 Å². The normalized spacial score (nSPS) is 10.8. The van der Waals surface area contributed by atoms with E-state index in [1.54, 1.807) is 13.3 Å². The Hall–Kier alpha value is -2.43. The second kappa shape index (κ2) is 5.06. The predicted molar refractivity (Wildman–Crippen MR) is 72.1 cm³/mol. The van der Waals surface area contributed by atoms with Gasteiger partial charge >= 0.3 is 0 Å². The van der Waals surface area contributed by atoms with Crippen LogP contribution in [0.15, 0.2) is 36.5 Å². The van der Waals surface area contributed by atoms with Crippen molar-refractivity contribution in [2.24, 2.45) is 0 Å². The van der Waals surface area contributed by atoms with E-state index in [-0.39, 0.29) is 0 Å². The van der Waals surface area contributed by atoms with Gasteiger partial charge in [0.15, 0.2) is 5.65 Å². The molecular formula is C14H14N4O. The number of hydrogen-bond donors (Lipinski definition) is 1. The number of aryl methyl sites for hydroxylation is 2. The minimum absolute atomic E-state index is 0.579. The van der Waals surface area contributed by atoms with E-state index < -0.39 is 0 Å². The Balaban J connectivity index is 1.78. The summed E-state index contributed by atoms with van der Waals surface area (Å²) >= 11 is 0. The first-order valence-corrected chi connectivity index (χ1v) is 6.15. The number of methoxy groups -OCH3 is 1. The highest BCUT2D eigenvalue weighted by Crippen LogP contribution is 2.14. The van der Waals surface area contributed by atoms with Gasteiger partial charge in [0.1, 0.15) is 5.82 Å². The zero-order valence-corrected chi connectivity index (χ0v) is 10.6. The van der Waals surface area contributed by atoms with Gasteiger partial charge in [-0.25, -0.2) is 4.98 Å². The first-order chi connectivity index (χ1) is 9.35. The molecule has 0 aliphatic rings. The third-order valence-corrected chi connectivity index (χ3v) is 2.92. The van der Waals surface area contributed by atoms with E-state index in [4.69, 9.17) is 4.74 Å². The van der Waals surface area contributed by atoms with Crippen LogP contribution in [-0.4, -0.2) is 27.0 Å². The van der Waals surface area contributed by atoms with Gasteiger partial charge in [0.05, 0.1) is 12.6 Å². The molecule has 0 fully saturated rings. The lowest BCUT2D eigenvalue weighted by molar-refractivity contribution is 0.399. The molecule has 5 nitrogen and oxygen atoms in total. The number of nitrogens with zero attached hydrogens (tertiary/aromatic N) is 3. The smallest absolute Gasteiger partial charge is 0.215 e. The van der Waals surface area contributed by atoms with Crippen LogP contribution < -0.4 is 4.74 Å². The monoisotopic (exact) mass is 254 g/mol. The molecule has 0 aromatic carbocycles. The van der Waals surface area contributed by atoms with Crippen molar-refractivity contribution in [2.45, 2.75) is 12.8 Å². The lowest BCUT2D eigenvalue weighted by atomic mass is 10.2. The van der Waals surface area contributed by atoms with E-state index in [0.717, 1.165) is 29.9 Å². The Morgan fingerprint density at radius 1 is 1.11 bits per heavy atom. The van der Waals surface area contributed by atoms with Gasteiger partial charge in [-0.05, 0) is 24.6 Å². The first kappa shape index (κ1) is 11.6. The summed E-state index contributed by atoms with van der Waals surface area (Å²) in [6.07, 6.45) is 3.48. The second-order valence-electron chi connectivity index (χ2n) is 4.23. The van der Waals surface area contributed by atoms with E-state index in [0.29, 0.717) is 11.5 Å². The van der Waals surface area contributed by atoms with Crippen molar-refractivity contribution in [3.8, 4) is 5.88 Å². The van der Waals surface area contributed by atoms with Crippen LogP contribution in [0.5, 0.6) is 5.88 Å².